The fourth-order valence-electron chi connectivity index (χ4n) is 11.0. The van der Waals surface area contributed by atoms with Crippen molar-refractivity contribution in [2.75, 3.05) is 0 Å². The van der Waals surface area contributed by atoms with Gasteiger partial charge in [0.15, 0.2) is 6.10 Å². The second kappa shape index (κ2) is 10.3. The van der Waals surface area contributed by atoms with Gasteiger partial charge in [0.05, 0.1) is 12.5 Å². The molecule has 12 heteroatoms. The third kappa shape index (κ3) is 4.17. The monoisotopic (exact) mass is 644 g/mol. The van der Waals surface area contributed by atoms with E-state index in [1.807, 2.05) is 34.6 Å². The highest BCUT2D eigenvalue weighted by molar-refractivity contribution is 5.82. The van der Waals surface area contributed by atoms with Crippen LogP contribution in [0.25, 0.3) is 0 Å². The molecule has 6 rings (SSSR count). The quantitative estimate of drug-likeness (QED) is 0.256. The smallest absolute Gasteiger partial charge is 0.339 e. The van der Waals surface area contributed by atoms with Gasteiger partial charge in [0.25, 0.3) is 0 Å². The highest BCUT2D eigenvalue weighted by Gasteiger charge is 2.91. The number of rotatable bonds is 5. The summed E-state index contributed by atoms with van der Waals surface area (Å²) in [5.41, 5.74) is -4.36. The van der Waals surface area contributed by atoms with E-state index in [-0.39, 0.29) is 25.2 Å². The number of ether oxygens (including phenoxy) is 6. The molecular weight excluding hydrogens is 600 g/mol. The first kappa shape index (κ1) is 32.5. The molecule has 5 aliphatic rings. The summed E-state index contributed by atoms with van der Waals surface area (Å²) in [6.07, 6.45) is -1.13. The minimum Gasteiger partial charge on any atom is -0.472 e. The molecule has 1 aromatic heterocycles. The average Bonchev–Trinajstić information content (AvgIpc) is 3.50. The van der Waals surface area contributed by atoms with Crippen LogP contribution < -0.4 is 0 Å². The van der Waals surface area contributed by atoms with E-state index < -0.39 is 99.6 Å². The first-order valence-corrected chi connectivity index (χ1v) is 15.9. The van der Waals surface area contributed by atoms with Gasteiger partial charge < -0.3 is 32.8 Å². The highest BCUT2D eigenvalue weighted by atomic mass is 16.7. The molecule has 0 N–H and O–H groups in total. The summed E-state index contributed by atoms with van der Waals surface area (Å²) in [6.45, 7) is 15.3. The Labute approximate surface area is 268 Å². The maximum Gasteiger partial charge on any atom is 0.339 e. The minimum absolute atomic E-state index is 0.199. The Morgan fingerprint density at radius 1 is 0.783 bits per heavy atom. The standard InChI is InChI=1S/C34H44O12/c1-16(35)41-21-14-31(7)27(20-10-11-40-15-20)45-29(39)28-34(31,46-28)33(9)25(44-19(4)38)12-22-30(5,6)23(42-17(2)36)13-24(43-18(3)37)32(22,8)26(21)33/h10-11,15,21-28H,12-14H2,1-9H3/t21?,22?,23?,24?,25?,26?,27?,28?,31-,32-,33+,34-/m0/s1. The fraction of sp³-hybridized carbons (Fsp3) is 0.735. The van der Waals surface area contributed by atoms with E-state index in [1.165, 1.54) is 40.2 Å². The van der Waals surface area contributed by atoms with Crippen LogP contribution in [0.5, 0.6) is 0 Å². The van der Waals surface area contributed by atoms with E-state index in [9.17, 15) is 24.0 Å². The lowest BCUT2D eigenvalue weighted by Crippen LogP contribution is -2.78. The lowest BCUT2D eigenvalue weighted by atomic mass is 9.33. The van der Waals surface area contributed by atoms with Crippen molar-refractivity contribution in [1.82, 2.24) is 0 Å². The van der Waals surface area contributed by atoms with Crippen LogP contribution in [0.2, 0.25) is 0 Å². The molecule has 0 amide bonds. The van der Waals surface area contributed by atoms with Gasteiger partial charge in [-0.1, -0.05) is 34.6 Å². The van der Waals surface area contributed by atoms with E-state index in [0.717, 1.165) is 0 Å². The number of hydrogen-bond acceptors (Lipinski definition) is 12. The summed E-state index contributed by atoms with van der Waals surface area (Å²) in [5.74, 6) is -3.59. The number of furan rings is 1. The SMILES string of the molecule is CC(=O)OC1C[C@@]2(C)C(c3ccoc3)OC(=O)C3O[C@@]32[C@]2(C)C(OC(C)=O)CC3C(C)(C)C(OC(C)=O)CC(OC(C)=O)[C@@]3(C)C12. The van der Waals surface area contributed by atoms with Crippen LogP contribution in [0.15, 0.2) is 23.0 Å². The van der Waals surface area contributed by atoms with Crippen LogP contribution in [-0.4, -0.2) is 66.0 Å². The molecule has 3 heterocycles. The highest BCUT2D eigenvalue weighted by Crippen LogP contribution is 2.81. The largest absolute Gasteiger partial charge is 0.472 e. The van der Waals surface area contributed by atoms with Crippen molar-refractivity contribution >= 4 is 29.8 Å². The molecule has 46 heavy (non-hydrogen) atoms. The summed E-state index contributed by atoms with van der Waals surface area (Å²) in [4.78, 5) is 64.5. The maximum absolute atomic E-state index is 13.7. The molecule has 1 aromatic rings. The molecule has 12 atom stereocenters. The van der Waals surface area contributed by atoms with E-state index >= 15 is 0 Å². The lowest BCUT2D eigenvalue weighted by Gasteiger charge is -2.72. The fourth-order valence-corrected chi connectivity index (χ4v) is 11.0. The van der Waals surface area contributed by atoms with Gasteiger partial charge in [0, 0.05) is 67.3 Å². The molecule has 252 valence electrons. The number of cyclic esters (lactones) is 1. The van der Waals surface area contributed by atoms with Crippen LogP contribution in [0.3, 0.4) is 0 Å². The molecule has 12 nitrogen and oxygen atoms in total. The number of fused-ring (bicyclic) bond motifs is 3. The average molecular weight is 645 g/mol. The number of carbonyl (C=O) groups excluding carboxylic acids is 5. The van der Waals surface area contributed by atoms with Crippen molar-refractivity contribution in [2.45, 2.75) is 124 Å². The Morgan fingerprint density at radius 3 is 1.93 bits per heavy atom. The summed E-state index contributed by atoms with van der Waals surface area (Å²) in [6, 6.07) is 1.73. The van der Waals surface area contributed by atoms with Crippen LogP contribution in [0, 0.1) is 33.5 Å². The molecular formula is C34H44O12. The molecule has 0 aromatic carbocycles. The van der Waals surface area contributed by atoms with Gasteiger partial charge in [-0.25, -0.2) is 4.79 Å². The van der Waals surface area contributed by atoms with Crippen molar-refractivity contribution in [1.29, 1.82) is 0 Å². The van der Waals surface area contributed by atoms with Gasteiger partial charge in [0.2, 0.25) is 0 Å². The molecule has 2 aliphatic heterocycles. The molecule has 0 bridgehead atoms. The van der Waals surface area contributed by atoms with Crippen molar-refractivity contribution < 1.29 is 56.8 Å². The molecule has 0 radical (unpaired) electrons. The molecule has 5 fully saturated rings. The first-order chi connectivity index (χ1) is 21.3. The van der Waals surface area contributed by atoms with Crippen molar-refractivity contribution in [3.8, 4) is 0 Å². The van der Waals surface area contributed by atoms with E-state index in [0.29, 0.717) is 5.56 Å². The molecule has 3 saturated carbocycles. The lowest BCUT2D eigenvalue weighted by molar-refractivity contribution is -0.320. The Kier molecular flexibility index (Phi) is 7.28. The van der Waals surface area contributed by atoms with Crippen molar-refractivity contribution in [2.24, 2.45) is 33.5 Å². The predicted molar refractivity (Wildman–Crippen MR) is 156 cm³/mol. The third-order valence-corrected chi connectivity index (χ3v) is 12.4. The Balaban J connectivity index is 1.62. The van der Waals surface area contributed by atoms with Gasteiger partial charge in [-0.3, -0.25) is 19.2 Å². The molecule has 8 unspecified atom stereocenters. The molecule has 2 saturated heterocycles. The van der Waals surface area contributed by atoms with E-state index in [4.69, 9.17) is 32.8 Å². The summed E-state index contributed by atoms with van der Waals surface area (Å²) in [7, 11) is 0. The normalized spacial score (nSPS) is 44.9. The Bertz CT molecular complexity index is 1470. The number of epoxide rings is 1. The first-order valence-electron chi connectivity index (χ1n) is 15.9. The van der Waals surface area contributed by atoms with Gasteiger partial charge in [-0.15, -0.1) is 0 Å². The minimum atomic E-state index is -1.22. The summed E-state index contributed by atoms with van der Waals surface area (Å²) >= 11 is 0. The number of hydrogen-bond donors (Lipinski definition) is 0. The van der Waals surface area contributed by atoms with Gasteiger partial charge in [-0.2, -0.15) is 0 Å². The Morgan fingerprint density at radius 2 is 1.37 bits per heavy atom. The van der Waals surface area contributed by atoms with E-state index in [2.05, 4.69) is 0 Å². The van der Waals surface area contributed by atoms with E-state index in [1.54, 1.807) is 6.07 Å². The zero-order valence-corrected chi connectivity index (χ0v) is 27.9. The topological polar surface area (TPSA) is 157 Å². The number of esters is 5. The van der Waals surface area contributed by atoms with Crippen molar-refractivity contribution in [3.63, 3.8) is 0 Å². The maximum atomic E-state index is 13.7. The van der Waals surface area contributed by atoms with Gasteiger partial charge in [-0.05, 0) is 24.8 Å². The zero-order chi connectivity index (χ0) is 33.8. The second-order valence-electron chi connectivity index (χ2n) is 15.1. The van der Waals surface area contributed by atoms with Crippen LogP contribution in [0.1, 0.15) is 93.2 Å². The predicted octanol–water partition coefficient (Wildman–Crippen LogP) is 4.23. The number of carbonyl (C=O) groups is 5. The van der Waals surface area contributed by atoms with Crippen LogP contribution in [0.4, 0.5) is 0 Å². The van der Waals surface area contributed by atoms with Crippen LogP contribution in [-0.2, 0) is 52.4 Å². The molecule has 1 spiro atoms. The summed E-state index contributed by atoms with van der Waals surface area (Å²) in [5, 5.41) is 0. The Hall–Kier alpha value is -3.41. The zero-order valence-electron chi connectivity index (χ0n) is 27.9. The van der Waals surface area contributed by atoms with Gasteiger partial charge >= 0.3 is 29.8 Å². The third-order valence-electron chi connectivity index (χ3n) is 12.4. The van der Waals surface area contributed by atoms with Crippen LogP contribution >= 0.6 is 0 Å². The molecule has 3 aliphatic carbocycles. The second-order valence-corrected chi connectivity index (χ2v) is 15.1. The van der Waals surface area contributed by atoms with Crippen molar-refractivity contribution in [3.05, 3.63) is 24.2 Å². The summed E-state index contributed by atoms with van der Waals surface area (Å²) < 4.78 is 42.5. The van der Waals surface area contributed by atoms with Gasteiger partial charge in [0.1, 0.15) is 36.1 Å².